The third kappa shape index (κ3) is 4.09. The fourth-order valence-corrected chi connectivity index (χ4v) is 5.81. The van der Waals surface area contributed by atoms with Crippen LogP contribution in [0.25, 0.3) is 10.2 Å². The summed E-state index contributed by atoms with van der Waals surface area (Å²) >= 11 is 15.2. The van der Waals surface area contributed by atoms with Gasteiger partial charge in [-0.25, -0.2) is 9.97 Å². The molecule has 1 amide bonds. The lowest BCUT2D eigenvalue weighted by atomic mass is 9.97. The molecule has 0 unspecified atom stereocenters. The predicted octanol–water partition coefficient (Wildman–Crippen LogP) is 5.92. The van der Waals surface area contributed by atoms with Gasteiger partial charge in [0.1, 0.15) is 15.7 Å². The van der Waals surface area contributed by atoms with Crippen LogP contribution in [0.15, 0.2) is 23.2 Å². The number of nitrogens with one attached hydrogen (secondary N) is 1. The van der Waals surface area contributed by atoms with Crippen molar-refractivity contribution in [3.05, 3.63) is 44.5 Å². The number of carbonyl (C=O) groups is 1. The number of rotatable bonds is 4. The summed E-state index contributed by atoms with van der Waals surface area (Å²) in [4.78, 5) is 24.1. The second kappa shape index (κ2) is 7.95. The second-order valence-electron chi connectivity index (χ2n) is 6.43. The lowest BCUT2D eigenvalue weighted by Crippen LogP contribution is -2.14. The summed E-state index contributed by atoms with van der Waals surface area (Å²) in [6.45, 7) is 1.90. The van der Waals surface area contributed by atoms with Gasteiger partial charge in [0.15, 0.2) is 0 Å². The van der Waals surface area contributed by atoms with Gasteiger partial charge >= 0.3 is 0 Å². The third-order valence-electron chi connectivity index (χ3n) is 4.44. The highest BCUT2D eigenvalue weighted by molar-refractivity contribution is 8.00. The highest BCUT2D eigenvalue weighted by Crippen LogP contribution is 2.39. The molecule has 4 nitrogen and oxygen atoms in total. The quantitative estimate of drug-likeness (QED) is 0.406. The average Bonchev–Trinajstić information content (AvgIpc) is 3.01. The molecule has 2 heterocycles. The second-order valence-corrected chi connectivity index (χ2v) is 9.29. The van der Waals surface area contributed by atoms with Crippen molar-refractivity contribution < 1.29 is 4.79 Å². The number of benzene rings is 1. The van der Waals surface area contributed by atoms with Crippen molar-refractivity contribution in [3.63, 3.8) is 0 Å². The van der Waals surface area contributed by atoms with Crippen molar-refractivity contribution in [1.82, 2.24) is 9.97 Å². The Bertz CT molecular complexity index is 1040. The van der Waals surface area contributed by atoms with Crippen LogP contribution in [0.1, 0.15) is 29.1 Å². The van der Waals surface area contributed by atoms with Crippen molar-refractivity contribution >= 4 is 68.1 Å². The first kappa shape index (κ1) is 19.0. The van der Waals surface area contributed by atoms with Gasteiger partial charge in [-0.2, -0.15) is 0 Å². The highest BCUT2D eigenvalue weighted by atomic mass is 35.5. The van der Waals surface area contributed by atoms with E-state index >= 15 is 0 Å². The molecule has 27 heavy (non-hydrogen) atoms. The average molecular weight is 438 g/mol. The highest BCUT2D eigenvalue weighted by Gasteiger charge is 2.21. The van der Waals surface area contributed by atoms with Gasteiger partial charge in [-0.3, -0.25) is 4.79 Å². The van der Waals surface area contributed by atoms with Crippen molar-refractivity contribution in [2.45, 2.75) is 37.6 Å². The fraction of sp³-hybridized carbons (Fsp3) is 0.316. The maximum absolute atomic E-state index is 12.4. The van der Waals surface area contributed by atoms with E-state index in [4.69, 9.17) is 23.2 Å². The standard InChI is InChI=1S/C19H17Cl2N3OS2/c1-10-22-18(17-12-4-2-3-5-15(12)27-19(17)23-10)26-9-16(25)24-11-6-7-13(20)14(21)8-11/h6-8H,2-5,9H2,1H3,(H,24,25). The zero-order valence-electron chi connectivity index (χ0n) is 14.6. The van der Waals surface area contributed by atoms with Crippen LogP contribution in [0.4, 0.5) is 5.69 Å². The summed E-state index contributed by atoms with van der Waals surface area (Å²) in [5.41, 5.74) is 2.01. The number of aryl methyl sites for hydroxylation is 3. The lowest BCUT2D eigenvalue weighted by Gasteiger charge is -2.12. The molecule has 1 aliphatic rings. The summed E-state index contributed by atoms with van der Waals surface area (Å²) in [5, 5.41) is 5.79. The van der Waals surface area contributed by atoms with E-state index in [2.05, 4.69) is 15.3 Å². The van der Waals surface area contributed by atoms with E-state index in [1.807, 2.05) is 6.92 Å². The normalized spacial score (nSPS) is 13.6. The predicted molar refractivity (Wildman–Crippen MR) is 115 cm³/mol. The number of anilines is 1. The van der Waals surface area contributed by atoms with Gasteiger partial charge in [-0.05, 0) is 56.4 Å². The molecule has 0 atom stereocenters. The van der Waals surface area contributed by atoms with Gasteiger partial charge in [0.25, 0.3) is 0 Å². The van der Waals surface area contributed by atoms with Gasteiger partial charge in [0.05, 0.1) is 15.8 Å². The Kier molecular flexibility index (Phi) is 5.60. The Morgan fingerprint density at radius 3 is 2.85 bits per heavy atom. The molecule has 140 valence electrons. The van der Waals surface area contributed by atoms with Crippen molar-refractivity contribution in [3.8, 4) is 0 Å². The Balaban J connectivity index is 1.53. The minimum absolute atomic E-state index is 0.105. The van der Waals surface area contributed by atoms with Crippen LogP contribution in [-0.4, -0.2) is 21.6 Å². The molecule has 0 fully saturated rings. The molecule has 8 heteroatoms. The summed E-state index contributed by atoms with van der Waals surface area (Å²) in [5.74, 6) is 0.913. The van der Waals surface area contributed by atoms with E-state index in [1.54, 1.807) is 29.5 Å². The minimum atomic E-state index is -0.105. The first-order chi connectivity index (χ1) is 13.0. The van der Waals surface area contributed by atoms with Crippen LogP contribution in [0.5, 0.6) is 0 Å². The minimum Gasteiger partial charge on any atom is -0.325 e. The fourth-order valence-electron chi connectivity index (χ4n) is 3.23. The van der Waals surface area contributed by atoms with E-state index in [1.165, 1.54) is 35.0 Å². The van der Waals surface area contributed by atoms with Crippen LogP contribution < -0.4 is 5.32 Å². The first-order valence-electron chi connectivity index (χ1n) is 8.68. The van der Waals surface area contributed by atoms with E-state index < -0.39 is 0 Å². The smallest absolute Gasteiger partial charge is 0.234 e. The molecule has 1 N–H and O–H groups in total. The van der Waals surface area contributed by atoms with Gasteiger partial charge in [-0.15, -0.1) is 11.3 Å². The van der Waals surface area contributed by atoms with Crippen LogP contribution in [0, 0.1) is 6.92 Å². The van der Waals surface area contributed by atoms with Crippen molar-refractivity contribution in [1.29, 1.82) is 0 Å². The number of nitrogens with zero attached hydrogens (tertiary/aromatic N) is 2. The molecule has 4 rings (SSSR count). The Labute approximate surface area is 175 Å². The SMILES string of the molecule is Cc1nc(SCC(=O)Nc2ccc(Cl)c(Cl)c2)c2c3c(sc2n1)CCCC3. The summed E-state index contributed by atoms with van der Waals surface area (Å²) in [6.07, 6.45) is 4.64. The molecule has 0 saturated heterocycles. The van der Waals surface area contributed by atoms with E-state index in [-0.39, 0.29) is 11.7 Å². The molecule has 1 aliphatic carbocycles. The zero-order valence-corrected chi connectivity index (χ0v) is 17.8. The van der Waals surface area contributed by atoms with Crippen LogP contribution in [0.3, 0.4) is 0 Å². The van der Waals surface area contributed by atoms with Crippen LogP contribution >= 0.6 is 46.3 Å². The zero-order chi connectivity index (χ0) is 19.0. The largest absolute Gasteiger partial charge is 0.325 e. The van der Waals surface area contributed by atoms with Crippen molar-refractivity contribution in [2.24, 2.45) is 0 Å². The molecule has 0 aliphatic heterocycles. The van der Waals surface area contributed by atoms with E-state index in [0.29, 0.717) is 15.7 Å². The molecule has 2 aromatic heterocycles. The maximum Gasteiger partial charge on any atom is 0.234 e. The summed E-state index contributed by atoms with van der Waals surface area (Å²) in [7, 11) is 0. The first-order valence-corrected chi connectivity index (χ1v) is 11.2. The summed E-state index contributed by atoms with van der Waals surface area (Å²) < 4.78 is 0. The maximum atomic E-state index is 12.4. The molecular formula is C19H17Cl2N3OS2. The number of aromatic nitrogens is 2. The Morgan fingerprint density at radius 1 is 1.22 bits per heavy atom. The van der Waals surface area contributed by atoms with Gasteiger partial charge in [-0.1, -0.05) is 35.0 Å². The Morgan fingerprint density at radius 2 is 2.04 bits per heavy atom. The number of hydrogen-bond acceptors (Lipinski definition) is 5. The number of thiophene rings is 1. The van der Waals surface area contributed by atoms with Gasteiger partial charge in [0, 0.05) is 16.0 Å². The molecule has 0 saturated carbocycles. The molecule has 0 spiro atoms. The van der Waals surface area contributed by atoms with Gasteiger partial charge < -0.3 is 5.32 Å². The monoisotopic (exact) mass is 437 g/mol. The van der Waals surface area contributed by atoms with Crippen LogP contribution in [-0.2, 0) is 17.6 Å². The topological polar surface area (TPSA) is 54.9 Å². The number of hydrogen-bond donors (Lipinski definition) is 1. The third-order valence-corrected chi connectivity index (χ3v) is 7.34. The number of carbonyl (C=O) groups excluding carboxylic acids is 1. The number of thioether (sulfide) groups is 1. The Hall–Kier alpha value is -1.34. The molecule has 3 aromatic rings. The van der Waals surface area contributed by atoms with E-state index in [9.17, 15) is 4.79 Å². The summed E-state index contributed by atoms with van der Waals surface area (Å²) in [6, 6.07) is 5.05. The van der Waals surface area contributed by atoms with Gasteiger partial charge in [0.2, 0.25) is 5.91 Å². The lowest BCUT2D eigenvalue weighted by molar-refractivity contribution is -0.113. The van der Waals surface area contributed by atoms with Crippen LogP contribution in [0.2, 0.25) is 10.0 Å². The number of fused-ring (bicyclic) bond motifs is 3. The number of halogens is 2. The molecule has 1 aromatic carbocycles. The van der Waals surface area contributed by atoms with E-state index in [0.717, 1.165) is 33.9 Å². The molecule has 0 radical (unpaired) electrons. The number of amides is 1. The van der Waals surface area contributed by atoms with Crippen molar-refractivity contribution in [2.75, 3.05) is 11.1 Å². The molecular weight excluding hydrogens is 421 g/mol. The molecule has 0 bridgehead atoms.